The van der Waals surface area contributed by atoms with Crippen LogP contribution in [0.5, 0.6) is 0 Å². The first-order valence-corrected chi connectivity index (χ1v) is 9.27. The van der Waals surface area contributed by atoms with E-state index in [-0.39, 0.29) is 11.1 Å². The van der Waals surface area contributed by atoms with Crippen LogP contribution in [0, 0.1) is 11.3 Å². The molecular formula is C22H22N4O3. The van der Waals surface area contributed by atoms with Gasteiger partial charge in [-0.05, 0) is 24.3 Å². The molecule has 1 aliphatic rings. The number of carbonyl (C=O) groups excluding carboxylic acids is 2. The molecular weight excluding hydrogens is 368 g/mol. The summed E-state index contributed by atoms with van der Waals surface area (Å²) in [6.07, 6.45) is 1.58. The number of benzene rings is 2. The number of rotatable bonds is 5. The van der Waals surface area contributed by atoms with Crippen molar-refractivity contribution < 1.29 is 14.3 Å². The fourth-order valence-electron chi connectivity index (χ4n) is 3.14. The Bertz CT molecular complexity index is 942. The van der Waals surface area contributed by atoms with Crippen molar-refractivity contribution in [2.24, 2.45) is 0 Å². The van der Waals surface area contributed by atoms with Crippen molar-refractivity contribution in [1.82, 2.24) is 4.90 Å². The van der Waals surface area contributed by atoms with Gasteiger partial charge in [-0.15, -0.1) is 0 Å². The largest absolute Gasteiger partial charge is 0.465 e. The quantitative estimate of drug-likeness (QED) is 0.480. The molecule has 29 heavy (non-hydrogen) atoms. The number of amides is 1. The van der Waals surface area contributed by atoms with Gasteiger partial charge in [0.1, 0.15) is 11.6 Å². The summed E-state index contributed by atoms with van der Waals surface area (Å²) in [6.45, 7) is 3.00. The van der Waals surface area contributed by atoms with E-state index in [9.17, 15) is 14.9 Å². The molecule has 1 saturated heterocycles. The fraction of sp³-hybridized carbons (Fsp3) is 0.227. The van der Waals surface area contributed by atoms with Crippen LogP contribution in [0.4, 0.5) is 11.4 Å². The molecule has 0 radical (unpaired) electrons. The summed E-state index contributed by atoms with van der Waals surface area (Å²) in [6, 6.07) is 18.6. The van der Waals surface area contributed by atoms with Gasteiger partial charge >= 0.3 is 5.97 Å². The van der Waals surface area contributed by atoms with E-state index in [0.29, 0.717) is 18.8 Å². The third-order valence-corrected chi connectivity index (χ3v) is 4.69. The molecule has 3 rings (SSSR count). The smallest absolute Gasteiger partial charge is 0.339 e. The van der Waals surface area contributed by atoms with Gasteiger partial charge in [-0.2, -0.15) is 5.26 Å². The predicted octanol–water partition coefficient (Wildman–Crippen LogP) is 2.64. The van der Waals surface area contributed by atoms with Crippen molar-refractivity contribution in [3.63, 3.8) is 0 Å². The number of para-hydroxylation sites is 2. The van der Waals surface area contributed by atoms with Gasteiger partial charge in [0.05, 0.1) is 18.4 Å². The number of hydrogen-bond acceptors (Lipinski definition) is 6. The van der Waals surface area contributed by atoms with Crippen LogP contribution in [0.25, 0.3) is 0 Å². The van der Waals surface area contributed by atoms with Gasteiger partial charge in [-0.25, -0.2) is 4.79 Å². The number of hydrogen-bond donors (Lipinski definition) is 1. The van der Waals surface area contributed by atoms with Crippen LogP contribution in [-0.2, 0) is 9.53 Å². The van der Waals surface area contributed by atoms with Crippen molar-refractivity contribution in [2.45, 2.75) is 0 Å². The lowest BCUT2D eigenvalue weighted by Gasteiger charge is -2.35. The second kappa shape index (κ2) is 9.42. The first kappa shape index (κ1) is 20.0. The topological polar surface area (TPSA) is 85.7 Å². The Hall–Kier alpha value is -3.79. The molecule has 148 valence electrons. The molecule has 0 unspecified atom stereocenters. The van der Waals surface area contributed by atoms with Gasteiger partial charge in [0.2, 0.25) is 0 Å². The molecule has 1 heterocycles. The van der Waals surface area contributed by atoms with E-state index in [4.69, 9.17) is 4.74 Å². The lowest BCUT2D eigenvalue weighted by Crippen LogP contribution is -2.44. The minimum absolute atomic E-state index is 0.0159. The predicted molar refractivity (Wildman–Crippen MR) is 110 cm³/mol. The van der Waals surface area contributed by atoms with Gasteiger partial charge < -0.3 is 19.9 Å². The summed E-state index contributed by atoms with van der Waals surface area (Å²) in [5, 5.41) is 12.1. The van der Waals surface area contributed by atoms with Gasteiger partial charge in [-0.1, -0.05) is 30.3 Å². The maximum atomic E-state index is 12.6. The zero-order valence-corrected chi connectivity index (χ0v) is 16.2. The van der Waals surface area contributed by atoms with Crippen LogP contribution in [0.2, 0.25) is 0 Å². The maximum Gasteiger partial charge on any atom is 0.339 e. The third-order valence-electron chi connectivity index (χ3n) is 4.69. The molecule has 7 heteroatoms. The van der Waals surface area contributed by atoms with Gasteiger partial charge in [0.25, 0.3) is 5.91 Å². The minimum Gasteiger partial charge on any atom is -0.465 e. The first-order chi connectivity index (χ1) is 14.1. The Morgan fingerprint density at radius 1 is 1.03 bits per heavy atom. The maximum absolute atomic E-state index is 12.6. The molecule has 0 aromatic heterocycles. The average molecular weight is 390 g/mol. The number of nitrogens with zero attached hydrogens (tertiary/aromatic N) is 3. The lowest BCUT2D eigenvalue weighted by molar-refractivity contribution is -0.112. The molecule has 0 aliphatic carbocycles. The summed E-state index contributed by atoms with van der Waals surface area (Å²) in [5.74, 6) is -1.12. The number of piperazine rings is 1. The molecule has 7 nitrogen and oxygen atoms in total. The van der Waals surface area contributed by atoms with Crippen molar-refractivity contribution in [2.75, 3.05) is 43.5 Å². The highest BCUT2D eigenvalue weighted by Gasteiger charge is 2.19. The van der Waals surface area contributed by atoms with E-state index in [1.165, 1.54) is 7.11 Å². The molecule has 1 N–H and O–H groups in total. The van der Waals surface area contributed by atoms with E-state index in [2.05, 4.69) is 22.3 Å². The Morgan fingerprint density at radius 2 is 1.69 bits per heavy atom. The highest BCUT2D eigenvalue weighted by molar-refractivity contribution is 6.09. The van der Waals surface area contributed by atoms with Crippen molar-refractivity contribution >= 4 is 23.3 Å². The summed E-state index contributed by atoms with van der Waals surface area (Å²) in [5.41, 5.74) is 1.68. The van der Waals surface area contributed by atoms with Crippen molar-refractivity contribution in [3.8, 4) is 6.07 Å². The number of nitriles is 1. The summed E-state index contributed by atoms with van der Waals surface area (Å²) >= 11 is 0. The number of nitrogens with one attached hydrogen (secondary N) is 1. The fourth-order valence-corrected chi connectivity index (χ4v) is 3.14. The second-order valence-electron chi connectivity index (χ2n) is 6.50. The Morgan fingerprint density at radius 3 is 2.34 bits per heavy atom. The monoisotopic (exact) mass is 390 g/mol. The van der Waals surface area contributed by atoms with E-state index in [1.807, 2.05) is 29.2 Å². The molecule has 0 saturated carbocycles. The summed E-state index contributed by atoms with van der Waals surface area (Å²) in [4.78, 5) is 28.7. The van der Waals surface area contributed by atoms with Gasteiger partial charge in [0, 0.05) is 38.1 Å². The summed E-state index contributed by atoms with van der Waals surface area (Å²) < 4.78 is 4.73. The van der Waals surface area contributed by atoms with Crippen LogP contribution in [-0.4, -0.2) is 50.1 Å². The molecule has 0 spiro atoms. The van der Waals surface area contributed by atoms with Gasteiger partial charge in [0.15, 0.2) is 0 Å². The van der Waals surface area contributed by atoms with Crippen LogP contribution in [0.15, 0.2) is 66.4 Å². The van der Waals surface area contributed by atoms with E-state index < -0.39 is 11.9 Å². The first-order valence-electron chi connectivity index (χ1n) is 9.27. The molecule has 1 amide bonds. The minimum atomic E-state index is -0.561. The number of methoxy groups -OCH3 is 1. The van der Waals surface area contributed by atoms with E-state index in [0.717, 1.165) is 18.8 Å². The molecule has 0 atom stereocenters. The number of anilines is 2. The van der Waals surface area contributed by atoms with Crippen LogP contribution in [0.1, 0.15) is 10.4 Å². The summed E-state index contributed by atoms with van der Waals surface area (Å²) in [7, 11) is 1.27. The third kappa shape index (κ3) is 4.93. The second-order valence-corrected chi connectivity index (χ2v) is 6.50. The average Bonchev–Trinajstić information content (AvgIpc) is 2.78. The van der Waals surface area contributed by atoms with Crippen LogP contribution < -0.4 is 10.2 Å². The SMILES string of the molecule is COC(=O)c1ccccc1NC(=O)/C(C#N)=C\N1CCN(c2ccccc2)CC1. The zero-order chi connectivity index (χ0) is 20.6. The Kier molecular flexibility index (Phi) is 6.48. The molecule has 2 aromatic carbocycles. The van der Waals surface area contributed by atoms with Crippen LogP contribution in [0.3, 0.4) is 0 Å². The number of esters is 1. The molecule has 2 aromatic rings. The zero-order valence-electron chi connectivity index (χ0n) is 16.2. The molecule has 0 bridgehead atoms. The number of ether oxygens (including phenoxy) is 1. The Balaban J connectivity index is 1.66. The van der Waals surface area contributed by atoms with Crippen LogP contribution >= 0.6 is 0 Å². The van der Waals surface area contributed by atoms with Gasteiger partial charge in [-0.3, -0.25) is 4.79 Å². The molecule has 1 fully saturated rings. The highest BCUT2D eigenvalue weighted by atomic mass is 16.5. The number of carbonyl (C=O) groups is 2. The standard InChI is InChI=1S/C22H22N4O3/c1-29-22(28)19-9-5-6-10-20(19)24-21(27)17(15-23)16-25-11-13-26(14-12-25)18-7-3-2-4-8-18/h2-10,16H,11-14H2,1H3,(H,24,27)/b17-16-. The van der Waals surface area contributed by atoms with E-state index in [1.54, 1.807) is 30.5 Å². The Labute approximate surface area is 169 Å². The van der Waals surface area contributed by atoms with Crippen molar-refractivity contribution in [1.29, 1.82) is 5.26 Å². The van der Waals surface area contributed by atoms with E-state index >= 15 is 0 Å². The normalized spacial score (nSPS) is 14.1. The molecule has 1 aliphatic heterocycles. The van der Waals surface area contributed by atoms with Crippen molar-refractivity contribution in [3.05, 3.63) is 71.9 Å². The highest BCUT2D eigenvalue weighted by Crippen LogP contribution is 2.18. The lowest BCUT2D eigenvalue weighted by atomic mass is 10.1.